The molecule has 0 aliphatic heterocycles. The van der Waals surface area contributed by atoms with Crippen LogP contribution in [-0.2, 0) is 6.54 Å². The second kappa shape index (κ2) is 7.88. The molecule has 0 saturated heterocycles. The van der Waals surface area contributed by atoms with Gasteiger partial charge in [0.25, 0.3) is 11.8 Å². The van der Waals surface area contributed by atoms with Gasteiger partial charge in [0, 0.05) is 23.9 Å². The topological polar surface area (TPSA) is 71.1 Å². The minimum Gasteiger partial charge on any atom is -0.348 e. The zero-order valence-electron chi connectivity index (χ0n) is 13.5. The van der Waals surface area contributed by atoms with Crippen molar-refractivity contribution in [3.05, 3.63) is 95.8 Å². The number of carbonyl (C=O) groups excluding carboxylic acids is 2. The molecular formula is C20H17N3O2. The van der Waals surface area contributed by atoms with Crippen molar-refractivity contribution in [2.45, 2.75) is 6.54 Å². The second-order valence-electron chi connectivity index (χ2n) is 5.44. The van der Waals surface area contributed by atoms with Crippen molar-refractivity contribution in [2.75, 3.05) is 5.32 Å². The van der Waals surface area contributed by atoms with Crippen LogP contribution in [0.2, 0.25) is 0 Å². The largest absolute Gasteiger partial charge is 0.348 e. The number of aromatic nitrogens is 1. The first-order valence-corrected chi connectivity index (χ1v) is 7.86. The highest BCUT2D eigenvalue weighted by molar-refractivity contribution is 6.04. The number of hydrogen-bond acceptors (Lipinski definition) is 3. The van der Waals surface area contributed by atoms with Gasteiger partial charge in [-0.3, -0.25) is 14.6 Å². The van der Waals surface area contributed by atoms with Crippen molar-refractivity contribution >= 4 is 17.5 Å². The van der Waals surface area contributed by atoms with E-state index in [0.717, 1.165) is 5.56 Å². The number of carbonyl (C=O) groups is 2. The number of anilines is 1. The third-order valence-electron chi connectivity index (χ3n) is 3.62. The summed E-state index contributed by atoms with van der Waals surface area (Å²) in [5.41, 5.74) is 2.73. The van der Waals surface area contributed by atoms with Crippen molar-refractivity contribution in [1.82, 2.24) is 10.3 Å². The highest BCUT2D eigenvalue weighted by Gasteiger charge is 2.07. The number of amides is 2. The van der Waals surface area contributed by atoms with E-state index in [2.05, 4.69) is 15.6 Å². The average Bonchev–Trinajstić information content (AvgIpc) is 2.68. The van der Waals surface area contributed by atoms with E-state index in [1.54, 1.807) is 48.8 Å². The van der Waals surface area contributed by atoms with E-state index in [0.29, 0.717) is 23.4 Å². The normalized spacial score (nSPS) is 10.1. The maximum atomic E-state index is 12.2. The highest BCUT2D eigenvalue weighted by atomic mass is 16.2. The fourth-order valence-corrected chi connectivity index (χ4v) is 2.29. The molecular weight excluding hydrogens is 314 g/mol. The van der Waals surface area contributed by atoms with E-state index in [9.17, 15) is 9.59 Å². The van der Waals surface area contributed by atoms with Crippen LogP contribution in [0.15, 0.2) is 79.1 Å². The van der Waals surface area contributed by atoms with Crippen molar-refractivity contribution in [3.8, 4) is 0 Å². The zero-order valence-corrected chi connectivity index (χ0v) is 13.5. The standard InChI is InChI=1S/C20H17N3O2/c24-19(16-5-2-1-3-6-16)22-13-15-8-10-17(11-9-15)20(25)23-18-7-4-12-21-14-18/h1-12,14H,13H2,(H,22,24)(H,23,25). The lowest BCUT2D eigenvalue weighted by Gasteiger charge is -2.07. The fourth-order valence-electron chi connectivity index (χ4n) is 2.29. The first-order chi connectivity index (χ1) is 12.2. The Balaban J connectivity index is 1.57. The maximum absolute atomic E-state index is 12.2. The van der Waals surface area contributed by atoms with Crippen LogP contribution in [0.5, 0.6) is 0 Å². The number of nitrogens with one attached hydrogen (secondary N) is 2. The summed E-state index contributed by atoms with van der Waals surface area (Å²) >= 11 is 0. The third kappa shape index (κ3) is 4.51. The van der Waals surface area contributed by atoms with Gasteiger partial charge in [0.05, 0.1) is 11.9 Å². The Bertz CT molecular complexity index is 847. The van der Waals surface area contributed by atoms with Gasteiger partial charge >= 0.3 is 0 Å². The smallest absolute Gasteiger partial charge is 0.255 e. The molecule has 0 aliphatic carbocycles. The van der Waals surface area contributed by atoms with Crippen LogP contribution in [0.25, 0.3) is 0 Å². The summed E-state index contributed by atoms with van der Waals surface area (Å²) in [5.74, 6) is -0.327. The molecule has 5 nitrogen and oxygen atoms in total. The minimum absolute atomic E-state index is 0.126. The molecule has 25 heavy (non-hydrogen) atoms. The maximum Gasteiger partial charge on any atom is 0.255 e. The Kier molecular flexibility index (Phi) is 5.16. The Morgan fingerprint density at radius 1 is 0.800 bits per heavy atom. The van der Waals surface area contributed by atoms with Gasteiger partial charge in [-0.05, 0) is 42.0 Å². The van der Waals surface area contributed by atoms with E-state index in [1.807, 2.05) is 30.3 Å². The molecule has 0 radical (unpaired) electrons. The number of pyridine rings is 1. The fraction of sp³-hybridized carbons (Fsp3) is 0.0500. The summed E-state index contributed by atoms with van der Waals surface area (Å²) in [5, 5.41) is 5.63. The molecule has 0 spiro atoms. The molecule has 2 N–H and O–H groups in total. The average molecular weight is 331 g/mol. The van der Waals surface area contributed by atoms with Crippen LogP contribution in [-0.4, -0.2) is 16.8 Å². The Labute approximate surface area is 145 Å². The molecule has 2 aromatic carbocycles. The first kappa shape index (κ1) is 16.4. The SMILES string of the molecule is O=C(NCc1ccc(C(=O)Nc2cccnc2)cc1)c1ccccc1. The van der Waals surface area contributed by atoms with Gasteiger partial charge in [0.15, 0.2) is 0 Å². The van der Waals surface area contributed by atoms with E-state index >= 15 is 0 Å². The number of nitrogens with zero attached hydrogens (tertiary/aromatic N) is 1. The van der Waals surface area contributed by atoms with Gasteiger partial charge in [0.1, 0.15) is 0 Å². The van der Waals surface area contributed by atoms with Gasteiger partial charge in [-0.25, -0.2) is 0 Å². The predicted octanol–water partition coefficient (Wildman–Crippen LogP) is 3.26. The van der Waals surface area contributed by atoms with Crippen LogP contribution >= 0.6 is 0 Å². The Morgan fingerprint density at radius 3 is 2.20 bits per heavy atom. The van der Waals surface area contributed by atoms with Gasteiger partial charge in [-0.15, -0.1) is 0 Å². The quantitative estimate of drug-likeness (QED) is 0.754. The van der Waals surface area contributed by atoms with Crippen molar-refractivity contribution in [3.63, 3.8) is 0 Å². The molecule has 2 amide bonds. The summed E-state index contributed by atoms with van der Waals surface area (Å²) in [6.45, 7) is 0.401. The second-order valence-corrected chi connectivity index (χ2v) is 5.44. The molecule has 5 heteroatoms. The minimum atomic E-state index is -0.201. The third-order valence-corrected chi connectivity index (χ3v) is 3.62. The van der Waals surface area contributed by atoms with Crippen LogP contribution in [0.3, 0.4) is 0 Å². The van der Waals surface area contributed by atoms with Crippen molar-refractivity contribution in [2.24, 2.45) is 0 Å². The van der Waals surface area contributed by atoms with Crippen LogP contribution in [0.4, 0.5) is 5.69 Å². The Hall–Kier alpha value is -3.47. The van der Waals surface area contributed by atoms with Crippen molar-refractivity contribution in [1.29, 1.82) is 0 Å². The monoisotopic (exact) mass is 331 g/mol. The first-order valence-electron chi connectivity index (χ1n) is 7.86. The van der Waals surface area contributed by atoms with Gasteiger partial charge in [0.2, 0.25) is 0 Å². The molecule has 0 bridgehead atoms. The number of benzene rings is 2. The molecule has 0 unspecified atom stereocenters. The summed E-state index contributed by atoms with van der Waals surface area (Å²) < 4.78 is 0. The van der Waals surface area contributed by atoms with E-state index in [-0.39, 0.29) is 11.8 Å². The van der Waals surface area contributed by atoms with Crippen molar-refractivity contribution < 1.29 is 9.59 Å². The molecule has 3 rings (SSSR count). The van der Waals surface area contributed by atoms with Gasteiger partial charge < -0.3 is 10.6 Å². The summed E-state index contributed by atoms with van der Waals surface area (Å²) in [6.07, 6.45) is 3.24. The summed E-state index contributed by atoms with van der Waals surface area (Å²) in [6, 6.07) is 19.7. The lowest BCUT2D eigenvalue weighted by atomic mass is 10.1. The van der Waals surface area contributed by atoms with Gasteiger partial charge in [-0.1, -0.05) is 30.3 Å². The van der Waals surface area contributed by atoms with Gasteiger partial charge in [-0.2, -0.15) is 0 Å². The molecule has 124 valence electrons. The Morgan fingerprint density at radius 2 is 1.52 bits per heavy atom. The van der Waals surface area contributed by atoms with E-state index in [1.165, 1.54) is 0 Å². The molecule has 1 aromatic heterocycles. The molecule has 3 aromatic rings. The van der Waals surface area contributed by atoms with Crippen LogP contribution in [0, 0.1) is 0 Å². The van der Waals surface area contributed by atoms with E-state index < -0.39 is 0 Å². The molecule has 0 aliphatic rings. The summed E-state index contributed by atoms with van der Waals surface area (Å²) in [4.78, 5) is 28.1. The van der Waals surface area contributed by atoms with E-state index in [4.69, 9.17) is 0 Å². The molecule has 0 saturated carbocycles. The lowest BCUT2D eigenvalue weighted by molar-refractivity contribution is 0.0950. The highest BCUT2D eigenvalue weighted by Crippen LogP contribution is 2.09. The molecule has 1 heterocycles. The molecule has 0 fully saturated rings. The van der Waals surface area contributed by atoms with Crippen LogP contribution < -0.4 is 10.6 Å². The molecule has 0 atom stereocenters. The summed E-state index contributed by atoms with van der Waals surface area (Å²) in [7, 11) is 0. The van der Waals surface area contributed by atoms with Crippen LogP contribution in [0.1, 0.15) is 26.3 Å². The zero-order chi connectivity index (χ0) is 17.5. The number of hydrogen-bond donors (Lipinski definition) is 2. The number of rotatable bonds is 5. The predicted molar refractivity (Wildman–Crippen MR) is 96.2 cm³/mol. The lowest BCUT2D eigenvalue weighted by Crippen LogP contribution is -2.22.